The second kappa shape index (κ2) is 12.2. The molecule has 1 saturated carbocycles. The molecule has 2 aromatic carbocycles. The Bertz CT molecular complexity index is 1570. The van der Waals surface area contributed by atoms with Crippen molar-refractivity contribution in [3.63, 3.8) is 0 Å². The Kier molecular flexibility index (Phi) is 8.81. The minimum Gasteiger partial charge on any atom is -0.475 e. The van der Waals surface area contributed by atoms with Gasteiger partial charge in [0.15, 0.2) is 0 Å². The first-order chi connectivity index (χ1) is 20.3. The van der Waals surface area contributed by atoms with E-state index in [2.05, 4.69) is 35.5 Å². The summed E-state index contributed by atoms with van der Waals surface area (Å²) in [5.74, 6) is 0.409. The second-order valence-corrected chi connectivity index (χ2v) is 14.8. The molecule has 1 aromatic heterocycles. The van der Waals surface area contributed by atoms with Crippen LogP contribution in [0.5, 0.6) is 5.88 Å². The van der Waals surface area contributed by atoms with Gasteiger partial charge in [0.2, 0.25) is 11.8 Å². The van der Waals surface area contributed by atoms with Crippen LogP contribution in [-0.4, -0.2) is 54.4 Å². The largest absolute Gasteiger partial charge is 0.475 e. The molecule has 1 atom stereocenters. The summed E-state index contributed by atoms with van der Waals surface area (Å²) in [5, 5.41) is 0. The number of aryl methyl sites for hydroxylation is 2. The molecule has 3 aromatic rings. The molecule has 0 spiro atoms. The Morgan fingerprint density at radius 2 is 1.67 bits per heavy atom. The highest BCUT2D eigenvalue weighted by molar-refractivity contribution is 7.92. The van der Waals surface area contributed by atoms with E-state index >= 15 is 0 Å². The first kappa shape index (κ1) is 30.9. The van der Waals surface area contributed by atoms with Gasteiger partial charge in [0.25, 0.3) is 15.9 Å². The average Bonchev–Trinajstić information content (AvgIpc) is 2.95. The molecule has 1 aliphatic carbocycles. The highest BCUT2D eigenvalue weighted by atomic mass is 32.2. The number of benzene rings is 2. The number of nitrogens with two attached hydrogens (primary N) is 1. The molecule has 9 nitrogen and oxygen atoms in total. The van der Waals surface area contributed by atoms with Crippen LogP contribution in [0.2, 0.25) is 0 Å². The van der Waals surface area contributed by atoms with E-state index in [1.807, 2.05) is 36.9 Å². The van der Waals surface area contributed by atoms with Crippen molar-refractivity contribution in [1.29, 1.82) is 0 Å². The van der Waals surface area contributed by atoms with Crippen LogP contribution in [-0.2, 0) is 10.0 Å². The second-order valence-electron chi connectivity index (χ2n) is 13.2. The van der Waals surface area contributed by atoms with Crippen LogP contribution in [0.25, 0.3) is 11.3 Å². The fraction of sp³-hybridized carbons (Fsp3) is 0.485. The summed E-state index contributed by atoms with van der Waals surface area (Å²) in [7, 11) is -4.11. The standard InChI is InChI=1S/C33H43N5O4S/c1-21-8-6-9-22(2)30(21)28-17-29-36-32(35-28)37-43(40,41)27-11-7-10-24(16-27)31(39)38(25-14-12-23(19-34)13-15-25)26(20-42-29)18-33(3,4)5/h6-11,16-17,23,25-26H,12-15,18-20,34H2,1-5H3,(H,35,36,37)/t23?,25?,26-/m1/s1. The van der Waals surface area contributed by atoms with Crippen molar-refractivity contribution in [2.45, 2.75) is 83.7 Å². The Morgan fingerprint density at radius 3 is 2.33 bits per heavy atom. The van der Waals surface area contributed by atoms with Gasteiger partial charge in [-0.15, -0.1) is 0 Å². The van der Waals surface area contributed by atoms with Gasteiger partial charge in [-0.05, 0) is 93.2 Å². The van der Waals surface area contributed by atoms with Crippen molar-refractivity contribution in [2.24, 2.45) is 17.1 Å². The van der Waals surface area contributed by atoms with Crippen molar-refractivity contribution < 1.29 is 17.9 Å². The molecule has 0 radical (unpaired) electrons. The van der Waals surface area contributed by atoms with Gasteiger partial charge < -0.3 is 15.4 Å². The van der Waals surface area contributed by atoms with Crippen LogP contribution in [0.3, 0.4) is 0 Å². The number of rotatable bonds is 4. The number of nitrogens with one attached hydrogen (secondary N) is 1. The first-order valence-corrected chi connectivity index (χ1v) is 16.6. The summed E-state index contributed by atoms with van der Waals surface area (Å²) in [6, 6.07) is 13.6. The number of sulfonamides is 1. The van der Waals surface area contributed by atoms with Gasteiger partial charge in [-0.25, -0.2) is 18.1 Å². The highest BCUT2D eigenvalue weighted by Crippen LogP contribution is 2.35. The van der Waals surface area contributed by atoms with E-state index in [1.165, 1.54) is 12.1 Å². The third kappa shape index (κ3) is 7.02. The number of amides is 1. The summed E-state index contributed by atoms with van der Waals surface area (Å²) in [4.78, 5) is 25.4. The molecule has 3 N–H and O–H groups in total. The van der Waals surface area contributed by atoms with Crippen molar-refractivity contribution in [1.82, 2.24) is 14.9 Å². The molecule has 43 heavy (non-hydrogen) atoms. The number of carbonyl (C=O) groups excluding carboxylic acids is 1. The molecule has 10 heteroatoms. The van der Waals surface area contributed by atoms with Crippen molar-refractivity contribution >= 4 is 21.9 Å². The molecule has 1 aliphatic heterocycles. The normalized spacial score (nSPS) is 22.4. The maximum absolute atomic E-state index is 14.4. The molecule has 1 amide bonds. The smallest absolute Gasteiger partial charge is 0.264 e. The van der Waals surface area contributed by atoms with Gasteiger partial charge in [0.1, 0.15) is 6.61 Å². The van der Waals surface area contributed by atoms with E-state index in [-0.39, 0.29) is 46.7 Å². The Hall–Kier alpha value is -3.50. The summed E-state index contributed by atoms with van der Waals surface area (Å²) in [5.41, 5.74) is 9.65. The average molecular weight is 606 g/mol. The summed E-state index contributed by atoms with van der Waals surface area (Å²) in [6.07, 6.45) is 4.25. The Labute approximate surface area is 255 Å². The molecule has 1 fully saturated rings. The zero-order chi connectivity index (χ0) is 30.9. The van der Waals surface area contributed by atoms with Gasteiger partial charge in [-0.1, -0.05) is 45.0 Å². The lowest BCUT2D eigenvalue weighted by Gasteiger charge is -2.43. The third-order valence-electron chi connectivity index (χ3n) is 8.50. The van der Waals surface area contributed by atoms with Gasteiger partial charge in [-0.2, -0.15) is 4.98 Å². The number of anilines is 1. The van der Waals surface area contributed by atoms with Crippen molar-refractivity contribution in [2.75, 3.05) is 17.9 Å². The molecule has 2 heterocycles. The van der Waals surface area contributed by atoms with Gasteiger partial charge in [-0.3, -0.25) is 4.79 Å². The molecular formula is C33H43N5O4S. The zero-order valence-corrected chi connectivity index (χ0v) is 26.6. The first-order valence-electron chi connectivity index (χ1n) is 15.1. The van der Waals surface area contributed by atoms with Crippen LogP contribution in [0.1, 0.15) is 74.4 Å². The number of ether oxygens (including phenoxy) is 1. The number of hydrogen-bond donors (Lipinski definition) is 2. The molecule has 4 bridgehead atoms. The van der Waals surface area contributed by atoms with Gasteiger partial charge in [0, 0.05) is 23.2 Å². The zero-order valence-electron chi connectivity index (χ0n) is 25.8. The van der Waals surface area contributed by atoms with Crippen molar-refractivity contribution in [3.05, 3.63) is 65.2 Å². The minimum atomic E-state index is -4.11. The fourth-order valence-electron chi connectivity index (χ4n) is 6.43. The highest BCUT2D eigenvalue weighted by Gasteiger charge is 2.37. The van der Waals surface area contributed by atoms with Gasteiger partial charge in [0.05, 0.1) is 16.6 Å². The molecule has 2 aliphatic rings. The van der Waals surface area contributed by atoms with E-state index < -0.39 is 10.0 Å². The molecular weight excluding hydrogens is 562 g/mol. The van der Waals surface area contributed by atoms with E-state index in [9.17, 15) is 13.2 Å². The Morgan fingerprint density at radius 1 is 1.00 bits per heavy atom. The molecule has 0 saturated heterocycles. The number of nitrogens with zero attached hydrogens (tertiary/aromatic N) is 3. The van der Waals surface area contributed by atoms with E-state index in [1.54, 1.807) is 18.2 Å². The van der Waals surface area contributed by atoms with Crippen LogP contribution in [0, 0.1) is 25.2 Å². The van der Waals surface area contributed by atoms with Crippen LogP contribution in [0.4, 0.5) is 5.95 Å². The molecule has 5 rings (SSSR count). The number of fused-ring (bicyclic) bond motifs is 4. The van der Waals surface area contributed by atoms with Crippen LogP contribution >= 0.6 is 0 Å². The lowest BCUT2D eigenvalue weighted by Crippen LogP contribution is -2.52. The molecule has 0 unspecified atom stereocenters. The SMILES string of the molecule is Cc1cccc(C)c1-c1cc2nc(n1)NS(=O)(=O)c1cccc(c1)C(=O)N(C1CCC(CN)CC1)[C@H](CC(C)(C)C)CO2. The Balaban J connectivity index is 1.66. The number of aromatic nitrogens is 2. The summed E-state index contributed by atoms with van der Waals surface area (Å²) >= 11 is 0. The lowest BCUT2D eigenvalue weighted by molar-refractivity contribution is 0.0297. The minimum absolute atomic E-state index is 0.0131. The number of hydrogen-bond acceptors (Lipinski definition) is 7. The topological polar surface area (TPSA) is 128 Å². The predicted octanol–water partition coefficient (Wildman–Crippen LogP) is 5.72. The van der Waals surface area contributed by atoms with Crippen molar-refractivity contribution in [3.8, 4) is 17.1 Å². The maximum Gasteiger partial charge on any atom is 0.264 e. The van der Waals surface area contributed by atoms with Gasteiger partial charge >= 0.3 is 0 Å². The fourth-order valence-corrected chi connectivity index (χ4v) is 7.42. The third-order valence-corrected chi connectivity index (χ3v) is 9.83. The van der Waals surface area contributed by atoms with E-state index in [0.29, 0.717) is 30.1 Å². The quantitative estimate of drug-likeness (QED) is 0.389. The monoisotopic (exact) mass is 605 g/mol. The van der Waals surface area contributed by atoms with Crippen LogP contribution < -0.4 is 15.2 Å². The summed E-state index contributed by atoms with van der Waals surface area (Å²) in [6.45, 7) is 11.3. The summed E-state index contributed by atoms with van der Waals surface area (Å²) < 4.78 is 36.1. The predicted molar refractivity (Wildman–Crippen MR) is 169 cm³/mol. The lowest BCUT2D eigenvalue weighted by atomic mass is 9.82. The van der Waals surface area contributed by atoms with Crippen LogP contribution in [0.15, 0.2) is 53.4 Å². The molecule has 230 valence electrons. The van der Waals surface area contributed by atoms with E-state index in [4.69, 9.17) is 10.5 Å². The maximum atomic E-state index is 14.4. The number of carbonyl (C=O) groups is 1. The van der Waals surface area contributed by atoms with E-state index in [0.717, 1.165) is 42.4 Å².